The average molecular weight is 402 g/mol. The van der Waals surface area contributed by atoms with Crippen LogP contribution in [-0.2, 0) is 13.0 Å². The molecule has 0 bridgehead atoms. The van der Waals surface area contributed by atoms with Crippen molar-refractivity contribution in [2.45, 2.75) is 23.1 Å². The Bertz CT molecular complexity index is 662. The fourth-order valence-electron chi connectivity index (χ4n) is 2.12. The number of nitrogens with zero attached hydrogens (tertiary/aromatic N) is 2. The second kappa shape index (κ2) is 5.42. The molecular formula is C13H10Br2N2OS. The number of aromatic nitrogens is 2. The third-order valence-corrected chi connectivity index (χ3v) is 6.23. The second-order valence-corrected chi connectivity index (χ2v) is 7.33. The predicted molar refractivity (Wildman–Crippen MR) is 83.7 cm³/mol. The summed E-state index contributed by atoms with van der Waals surface area (Å²) in [6.07, 6.45) is 2.64. The lowest BCUT2D eigenvalue weighted by atomic mass is 10.1. The van der Waals surface area contributed by atoms with Gasteiger partial charge in [-0.3, -0.25) is 4.79 Å². The van der Waals surface area contributed by atoms with E-state index in [0.29, 0.717) is 20.7 Å². The Hall–Kier alpha value is -0.590. The largest absolute Gasteiger partial charge is 0.282 e. The molecule has 0 aliphatic carbocycles. The maximum Gasteiger partial charge on any atom is 0.282 e. The highest BCUT2D eigenvalue weighted by molar-refractivity contribution is 9.13. The van der Waals surface area contributed by atoms with Gasteiger partial charge in [-0.05, 0) is 49.9 Å². The van der Waals surface area contributed by atoms with Crippen LogP contribution in [0.15, 0.2) is 49.1 Å². The number of fused-ring (bicyclic) bond motifs is 1. The van der Waals surface area contributed by atoms with Crippen LogP contribution in [0.4, 0.5) is 0 Å². The third-order valence-electron chi connectivity index (χ3n) is 3.03. The van der Waals surface area contributed by atoms with E-state index in [1.54, 1.807) is 6.20 Å². The normalized spacial score (nSPS) is 17.5. The Morgan fingerprint density at radius 3 is 2.95 bits per heavy atom. The van der Waals surface area contributed by atoms with Crippen molar-refractivity contribution in [3.63, 3.8) is 0 Å². The number of thioether (sulfide) groups is 1. The van der Waals surface area contributed by atoms with Crippen molar-refractivity contribution in [2.24, 2.45) is 0 Å². The fraction of sp³-hybridized carbons (Fsp3) is 0.231. The van der Waals surface area contributed by atoms with E-state index in [1.165, 1.54) is 15.1 Å². The maximum atomic E-state index is 12.1. The van der Waals surface area contributed by atoms with Crippen LogP contribution in [0.3, 0.4) is 0 Å². The topological polar surface area (TPSA) is 34.9 Å². The highest BCUT2D eigenvalue weighted by Gasteiger charge is 2.23. The molecule has 1 aliphatic rings. The van der Waals surface area contributed by atoms with Crippen LogP contribution in [0, 0.1) is 0 Å². The maximum absolute atomic E-state index is 12.1. The zero-order valence-electron chi connectivity index (χ0n) is 9.85. The summed E-state index contributed by atoms with van der Waals surface area (Å²) in [4.78, 5) is 13.4. The lowest BCUT2D eigenvalue weighted by Crippen LogP contribution is -2.28. The number of hydrogen-bond donors (Lipinski definition) is 0. The first kappa shape index (κ1) is 13.4. The van der Waals surface area contributed by atoms with E-state index in [1.807, 2.05) is 11.8 Å². The molecule has 19 heavy (non-hydrogen) atoms. The standard InChI is InChI=1S/C13H10Br2N2OS/c14-10-6-16-17(13(18)12(10)15)7-9-5-8-3-1-2-4-11(8)19-9/h1-4,6,9H,5,7H2. The summed E-state index contributed by atoms with van der Waals surface area (Å²) in [6.45, 7) is 0.629. The Kier molecular flexibility index (Phi) is 3.82. The molecule has 0 amide bonds. The van der Waals surface area contributed by atoms with Gasteiger partial charge in [0.1, 0.15) is 4.47 Å². The molecule has 3 nitrogen and oxygen atoms in total. The van der Waals surface area contributed by atoms with Gasteiger partial charge in [-0.2, -0.15) is 5.10 Å². The lowest BCUT2D eigenvalue weighted by molar-refractivity contribution is 0.558. The van der Waals surface area contributed by atoms with Crippen molar-refractivity contribution in [1.29, 1.82) is 0 Å². The first-order valence-corrected chi connectivity index (χ1v) is 8.27. The van der Waals surface area contributed by atoms with E-state index in [-0.39, 0.29) is 5.56 Å². The molecule has 2 heterocycles. The first-order chi connectivity index (χ1) is 9.15. The van der Waals surface area contributed by atoms with Crippen molar-refractivity contribution in [2.75, 3.05) is 0 Å². The van der Waals surface area contributed by atoms with Crippen LogP contribution in [0.25, 0.3) is 0 Å². The molecule has 1 aromatic heterocycles. The molecule has 0 saturated carbocycles. The molecule has 98 valence electrons. The highest BCUT2D eigenvalue weighted by Crippen LogP contribution is 2.37. The van der Waals surface area contributed by atoms with Crippen molar-refractivity contribution >= 4 is 43.6 Å². The van der Waals surface area contributed by atoms with E-state index in [0.717, 1.165) is 6.42 Å². The van der Waals surface area contributed by atoms with E-state index < -0.39 is 0 Å². The summed E-state index contributed by atoms with van der Waals surface area (Å²) < 4.78 is 2.75. The SMILES string of the molecule is O=c1c(Br)c(Br)cnn1CC1Cc2ccccc2S1. The zero-order chi connectivity index (χ0) is 13.4. The summed E-state index contributed by atoms with van der Waals surface area (Å²) in [5, 5.41) is 4.55. The molecular weight excluding hydrogens is 392 g/mol. The molecule has 2 aromatic rings. The van der Waals surface area contributed by atoms with E-state index in [4.69, 9.17) is 0 Å². The molecule has 0 N–H and O–H groups in total. The van der Waals surface area contributed by atoms with Crippen molar-refractivity contribution in [3.05, 3.63) is 55.3 Å². The van der Waals surface area contributed by atoms with Gasteiger partial charge in [-0.25, -0.2) is 4.68 Å². The van der Waals surface area contributed by atoms with Crippen LogP contribution in [0.1, 0.15) is 5.56 Å². The lowest BCUT2D eigenvalue weighted by Gasteiger charge is -2.10. The Morgan fingerprint density at radius 1 is 1.37 bits per heavy atom. The highest BCUT2D eigenvalue weighted by atomic mass is 79.9. The van der Waals surface area contributed by atoms with Gasteiger partial charge in [-0.15, -0.1) is 11.8 Å². The van der Waals surface area contributed by atoms with Crippen molar-refractivity contribution < 1.29 is 0 Å². The monoisotopic (exact) mass is 400 g/mol. The van der Waals surface area contributed by atoms with E-state index in [9.17, 15) is 4.79 Å². The molecule has 6 heteroatoms. The molecule has 0 spiro atoms. The number of halogens is 2. The van der Waals surface area contributed by atoms with Gasteiger partial charge in [-0.1, -0.05) is 18.2 Å². The Balaban J connectivity index is 1.82. The Morgan fingerprint density at radius 2 is 2.16 bits per heavy atom. The summed E-state index contributed by atoms with van der Waals surface area (Å²) in [7, 11) is 0. The van der Waals surface area contributed by atoms with Gasteiger partial charge in [0.05, 0.1) is 17.2 Å². The molecule has 1 aliphatic heterocycles. The second-order valence-electron chi connectivity index (χ2n) is 4.35. The van der Waals surface area contributed by atoms with Gasteiger partial charge in [0.25, 0.3) is 5.56 Å². The third kappa shape index (κ3) is 2.66. The average Bonchev–Trinajstić information content (AvgIpc) is 2.82. The molecule has 1 atom stereocenters. The van der Waals surface area contributed by atoms with Gasteiger partial charge in [0.2, 0.25) is 0 Å². The van der Waals surface area contributed by atoms with Crippen LogP contribution in [0.2, 0.25) is 0 Å². The number of hydrogen-bond acceptors (Lipinski definition) is 3. The minimum absolute atomic E-state index is 0.0917. The summed E-state index contributed by atoms with van der Waals surface area (Å²) in [5.74, 6) is 0. The van der Waals surface area contributed by atoms with Crippen molar-refractivity contribution in [3.8, 4) is 0 Å². The first-order valence-electron chi connectivity index (χ1n) is 5.81. The van der Waals surface area contributed by atoms with Crippen molar-refractivity contribution in [1.82, 2.24) is 9.78 Å². The zero-order valence-corrected chi connectivity index (χ0v) is 13.8. The molecule has 3 rings (SSSR count). The summed E-state index contributed by atoms with van der Waals surface area (Å²) in [6, 6.07) is 8.39. The molecule has 0 radical (unpaired) electrons. The summed E-state index contributed by atoms with van der Waals surface area (Å²) in [5.41, 5.74) is 1.27. The van der Waals surface area contributed by atoms with Gasteiger partial charge in [0, 0.05) is 10.1 Å². The Labute approximate surface area is 131 Å². The van der Waals surface area contributed by atoms with Crippen LogP contribution < -0.4 is 5.56 Å². The van der Waals surface area contributed by atoms with Gasteiger partial charge in [0.15, 0.2) is 0 Å². The van der Waals surface area contributed by atoms with Crippen LogP contribution in [0.5, 0.6) is 0 Å². The van der Waals surface area contributed by atoms with E-state index in [2.05, 4.69) is 61.2 Å². The molecule has 1 aromatic carbocycles. The minimum atomic E-state index is -0.0917. The number of rotatable bonds is 2. The smallest absolute Gasteiger partial charge is 0.266 e. The van der Waals surface area contributed by atoms with Gasteiger partial charge < -0.3 is 0 Å². The minimum Gasteiger partial charge on any atom is -0.266 e. The molecule has 1 unspecified atom stereocenters. The number of benzene rings is 1. The van der Waals surface area contributed by atoms with Gasteiger partial charge >= 0.3 is 0 Å². The molecule has 0 fully saturated rings. The quantitative estimate of drug-likeness (QED) is 0.772. The van der Waals surface area contributed by atoms with E-state index >= 15 is 0 Å². The van der Waals surface area contributed by atoms with Crippen LogP contribution >= 0.6 is 43.6 Å². The predicted octanol–water partition coefficient (Wildman–Crippen LogP) is 3.49. The molecule has 0 saturated heterocycles. The van der Waals surface area contributed by atoms with Crippen LogP contribution in [-0.4, -0.2) is 15.0 Å². The fourth-order valence-corrected chi connectivity index (χ4v) is 3.99. The summed E-state index contributed by atoms with van der Waals surface area (Å²) >= 11 is 8.39.